The quantitative estimate of drug-likeness (QED) is 0.876. The second-order valence-electron chi connectivity index (χ2n) is 6.24. The fraction of sp³-hybridized carbons (Fsp3) is 0.556. The van der Waals surface area contributed by atoms with E-state index in [-0.39, 0.29) is 11.7 Å². The van der Waals surface area contributed by atoms with Gasteiger partial charge in [-0.25, -0.2) is 0 Å². The zero-order chi connectivity index (χ0) is 15.9. The number of carbonyl (C=O) groups is 2. The molecule has 120 valence electrons. The Morgan fingerprint density at radius 2 is 2.00 bits per heavy atom. The van der Waals surface area contributed by atoms with Gasteiger partial charge in [0.15, 0.2) is 5.78 Å². The van der Waals surface area contributed by atoms with E-state index in [1.165, 1.54) is 13.3 Å². The topological polar surface area (TPSA) is 49.4 Å². The Bertz CT molecular complexity index is 501. The first-order valence-electron chi connectivity index (χ1n) is 8.14. The van der Waals surface area contributed by atoms with Crippen LogP contribution in [0.2, 0.25) is 0 Å². The van der Waals surface area contributed by atoms with Crippen LogP contribution < -0.4 is 5.32 Å². The van der Waals surface area contributed by atoms with Gasteiger partial charge in [0.2, 0.25) is 5.91 Å². The number of likely N-dealkylation sites (tertiary alicyclic amines) is 1. The van der Waals surface area contributed by atoms with Gasteiger partial charge in [0.1, 0.15) is 0 Å². The van der Waals surface area contributed by atoms with Gasteiger partial charge in [-0.3, -0.25) is 14.5 Å². The summed E-state index contributed by atoms with van der Waals surface area (Å²) in [4.78, 5) is 26.3. The summed E-state index contributed by atoms with van der Waals surface area (Å²) < 4.78 is 0. The molecule has 1 amide bonds. The van der Waals surface area contributed by atoms with Crippen molar-refractivity contribution < 1.29 is 9.59 Å². The summed E-state index contributed by atoms with van der Waals surface area (Å²) >= 11 is 0. The van der Waals surface area contributed by atoms with Crippen LogP contribution in [-0.2, 0) is 16.0 Å². The molecule has 4 heteroatoms. The molecule has 1 heterocycles. The van der Waals surface area contributed by atoms with Crippen molar-refractivity contribution in [2.45, 2.75) is 51.6 Å². The molecule has 0 aromatic heterocycles. The zero-order valence-corrected chi connectivity index (χ0v) is 13.5. The van der Waals surface area contributed by atoms with Crippen LogP contribution in [0.4, 0.5) is 0 Å². The average Bonchev–Trinajstić information content (AvgIpc) is 2.50. The SMILES string of the molecule is CC(=O)[C@H](Cc1ccccc1)NC(=O)CN1CCCC[C@H]1C. The Balaban J connectivity index is 1.90. The van der Waals surface area contributed by atoms with Gasteiger partial charge in [0, 0.05) is 6.04 Å². The second kappa shape index (κ2) is 8.08. The lowest BCUT2D eigenvalue weighted by Crippen LogP contribution is -2.48. The summed E-state index contributed by atoms with van der Waals surface area (Å²) in [6.45, 7) is 5.06. The van der Waals surface area contributed by atoms with E-state index in [9.17, 15) is 9.59 Å². The van der Waals surface area contributed by atoms with Gasteiger partial charge in [-0.2, -0.15) is 0 Å². The minimum atomic E-state index is -0.435. The third kappa shape index (κ3) is 4.95. The van der Waals surface area contributed by atoms with Crippen molar-refractivity contribution in [2.24, 2.45) is 0 Å². The Labute approximate surface area is 132 Å². The molecule has 1 aliphatic heterocycles. The Hall–Kier alpha value is -1.68. The maximum atomic E-state index is 12.3. The minimum Gasteiger partial charge on any atom is -0.345 e. The molecule has 0 bridgehead atoms. The molecule has 1 saturated heterocycles. The van der Waals surface area contributed by atoms with Crippen molar-refractivity contribution in [2.75, 3.05) is 13.1 Å². The number of hydrogen-bond acceptors (Lipinski definition) is 3. The predicted molar refractivity (Wildman–Crippen MR) is 87.6 cm³/mol. The summed E-state index contributed by atoms with van der Waals surface area (Å²) in [5, 5.41) is 2.90. The van der Waals surface area contributed by atoms with Gasteiger partial charge in [0.25, 0.3) is 0 Å². The maximum absolute atomic E-state index is 12.3. The molecular formula is C18H26N2O2. The van der Waals surface area contributed by atoms with Crippen molar-refractivity contribution in [1.82, 2.24) is 10.2 Å². The number of benzene rings is 1. The van der Waals surface area contributed by atoms with Gasteiger partial charge >= 0.3 is 0 Å². The number of ketones is 1. The lowest BCUT2D eigenvalue weighted by atomic mass is 10.0. The fourth-order valence-electron chi connectivity index (χ4n) is 2.96. The highest BCUT2D eigenvalue weighted by Crippen LogP contribution is 2.15. The van der Waals surface area contributed by atoms with E-state index >= 15 is 0 Å². The summed E-state index contributed by atoms with van der Waals surface area (Å²) in [7, 11) is 0. The molecule has 1 aliphatic rings. The van der Waals surface area contributed by atoms with Crippen LogP contribution in [0.5, 0.6) is 0 Å². The minimum absolute atomic E-state index is 0.00361. The predicted octanol–water partition coefficient (Wildman–Crippen LogP) is 2.18. The second-order valence-corrected chi connectivity index (χ2v) is 6.24. The molecule has 0 spiro atoms. The van der Waals surface area contributed by atoms with Crippen LogP contribution in [0.3, 0.4) is 0 Å². The highest BCUT2D eigenvalue weighted by Gasteiger charge is 2.23. The molecular weight excluding hydrogens is 276 g/mol. The molecule has 0 aliphatic carbocycles. The first kappa shape index (κ1) is 16.7. The highest BCUT2D eigenvalue weighted by molar-refractivity contribution is 5.88. The van der Waals surface area contributed by atoms with Crippen molar-refractivity contribution in [3.05, 3.63) is 35.9 Å². The molecule has 2 rings (SSSR count). The molecule has 1 fully saturated rings. The first-order chi connectivity index (χ1) is 10.6. The third-order valence-corrected chi connectivity index (χ3v) is 4.40. The normalized spacial score (nSPS) is 20.4. The summed E-state index contributed by atoms with van der Waals surface area (Å²) in [5.74, 6) is -0.0474. The number of amides is 1. The Kier molecular flexibility index (Phi) is 6.13. The van der Waals surface area contributed by atoms with Gasteiger partial charge in [-0.1, -0.05) is 36.8 Å². The van der Waals surface area contributed by atoms with Crippen molar-refractivity contribution in [3.8, 4) is 0 Å². The monoisotopic (exact) mass is 302 g/mol. The van der Waals surface area contributed by atoms with Crippen molar-refractivity contribution in [3.63, 3.8) is 0 Å². The summed E-state index contributed by atoms with van der Waals surface area (Å²) in [6.07, 6.45) is 4.09. The maximum Gasteiger partial charge on any atom is 0.234 e. The van der Waals surface area contributed by atoms with Crippen LogP contribution >= 0.6 is 0 Å². The van der Waals surface area contributed by atoms with Gasteiger partial charge in [-0.05, 0) is 45.2 Å². The fourth-order valence-corrected chi connectivity index (χ4v) is 2.96. The lowest BCUT2D eigenvalue weighted by molar-refractivity contribution is -0.128. The molecule has 4 nitrogen and oxygen atoms in total. The first-order valence-corrected chi connectivity index (χ1v) is 8.14. The number of hydrogen-bond donors (Lipinski definition) is 1. The number of nitrogens with zero attached hydrogens (tertiary/aromatic N) is 1. The number of rotatable bonds is 6. The molecule has 0 radical (unpaired) electrons. The van der Waals surface area contributed by atoms with Crippen LogP contribution in [0.15, 0.2) is 30.3 Å². The standard InChI is InChI=1S/C18H26N2O2/c1-14-8-6-7-11-20(14)13-18(22)19-17(15(2)21)12-16-9-4-3-5-10-16/h3-5,9-10,14,17H,6-8,11-13H2,1-2H3,(H,19,22)/t14-,17+/m1/s1. The molecule has 0 unspecified atom stereocenters. The zero-order valence-electron chi connectivity index (χ0n) is 13.5. The van der Waals surface area contributed by atoms with E-state index in [1.54, 1.807) is 0 Å². The lowest BCUT2D eigenvalue weighted by Gasteiger charge is -2.33. The van der Waals surface area contributed by atoms with E-state index in [4.69, 9.17) is 0 Å². The number of piperidine rings is 1. The summed E-state index contributed by atoms with van der Waals surface area (Å²) in [6, 6.07) is 9.82. The Morgan fingerprint density at radius 3 is 2.64 bits per heavy atom. The number of carbonyl (C=O) groups excluding carboxylic acids is 2. The molecule has 22 heavy (non-hydrogen) atoms. The van der Waals surface area contributed by atoms with Crippen LogP contribution in [-0.4, -0.2) is 41.8 Å². The van der Waals surface area contributed by atoms with Crippen LogP contribution in [0.25, 0.3) is 0 Å². The largest absolute Gasteiger partial charge is 0.345 e. The molecule has 0 saturated carbocycles. The number of nitrogens with one attached hydrogen (secondary N) is 1. The summed E-state index contributed by atoms with van der Waals surface area (Å²) in [5.41, 5.74) is 1.06. The van der Waals surface area contributed by atoms with Crippen molar-refractivity contribution >= 4 is 11.7 Å². The van der Waals surface area contributed by atoms with E-state index < -0.39 is 6.04 Å². The molecule has 2 atom stereocenters. The third-order valence-electron chi connectivity index (χ3n) is 4.40. The van der Waals surface area contributed by atoms with Crippen molar-refractivity contribution in [1.29, 1.82) is 0 Å². The van der Waals surface area contributed by atoms with E-state index in [2.05, 4.69) is 17.1 Å². The molecule has 1 N–H and O–H groups in total. The van der Waals surface area contributed by atoms with Gasteiger partial charge in [-0.15, -0.1) is 0 Å². The molecule has 1 aromatic rings. The van der Waals surface area contributed by atoms with Gasteiger partial charge in [0.05, 0.1) is 12.6 Å². The van der Waals surface area contributed by atoms with E-state index in [0.717, 1.165) is 24.9 Å². The van der Waals surface area contributed by atoms with Crippen LogP contribution in [0.1, 0.15) is 38.7 Å². The van der Waals surface area contributed by atoms with Crippen LogP contribution in [0, 0.1) is 0 Å². The highest BCUT2D eigenvalue weighted by atomic mass is 16.2. The van der Waals surface area contributed by atoms with E-state index in [1.807, 2.05) is 30.3 Å². The average molecular weight is 302 g/mol. The van der Waals surface area contributed by atoms with Gasteiger partial charge < -0.3 is 5.32 Å². The Morgan fingerprint density at radius 1 is 1.27 bits per heavy atom. The smallest absolute Gasteiger partial charge is 0.234 e. The molecule has 1 aromatic carbocycles. The van der Waals surface area contributed by atoms with E-state index in [0.29, 0.717) is 19.0 Å². The number of Topliss-reactive ketones (excluding diaryl/α,β-unsaturated/α-hetero) is 1.